The molecule has 182 valence electrons. The van der Waals surface area contributed by atoms with Crippen molar-refractivity contribution in [1.29, 1.82) is 0 Å². The Morgan fingerprint density at radius 1 is 0.485 bits per heavy atom. The van der Waals surface area contributed by atoms with Crippen molar-refractivity contribution in [3.8, 4) is 19.5 Å². The maximum atomic E-state index is 2.37. The Morgan fingerprint density at radius 2 is 0.879 bits per heavy atom. The van der Waals surface area contributed by atoms with E-state index in [0.717, 1.165) is 0 Å². The van der Waals surface area contributed by atoms with Gasteiger partial charge >= 0.3 is 0 Å². The molecular weight excluding hydrogens is 457 g/mol. The van der Waals surface area contributed by atoms with Gasteiger partial charge in [-0.05, 0) is 74.9 Å². The van der Waals surface area contributed by atoms with Crippen molar-refractivity contribution in [3.63, 3.8) is 0 Å². The minimum Gasteiger partial charge on any atom is -0.140 e. The molecule has 0 radical (unpaired) electrons. The van der Waals surface area contributed by atoms with Gasteiger partial charge in [0, 0.05) is 29.3 Å². The van der Waals surface area contributed by atoms with Gasteiger partial charge in [-0.2, -0.15) is 0 Å². The Bertz CT molecular complexity index is 865. The molecule has 0 unspecified atom stereocenters. The highest BCUT2D eigenvalue weighted by Gasteiger charge is 2.21. The average Bonchev–Trinajstić information content (AvgIpc) is 3.52. The van der Waals surface area contributed by atoms with Gasteiger partial charge < -0.3 is 0 Å². The fourth-order valence-corrected chi connectivity index (χ4v) is 8.11. The first kappa shape index (κ1) is 26.7. The van der Waals surface area contributed by atoms with Crippen LogP contribution in [0.2, 0.25) is 0 Å². The van der Waals surface area contributed by atoms with Crippen molar-refractivity contribution in [1.82, 2.24) is 0 Å². The van der Waals surface area contributed by atoms with Crippen LogP contribution in [0, 0.1) is 13.8 Å². The standard InChI is InChI=1S/C30H44S3/c1-5-7-9-11-13-15-17-25-26(18-16-14-12-10-8-6-2)30(28-22-20-24(4)32-28)33-29(25)27-21-19-23(3)31-27/h19-22H,5-18H2,1-4H3. The molecule has 0 aliphatic heterocycles. The van der Waals surface area contributed by atoms with Gasteiger partial charge in [-0.25, -0.2) is 0 Å². The summed E-state index contributed by atoms with van der Waals surface area (Å²) in [7, 11) is 0. The predicted molar refractivity (Wildman–Crippen MR) is 155 cm³/mol. The molecule has 3 heteroatoms. The fourth-order valence-electron chi connectivity index (χ4n) is 4.70. The maximum absolute atomic E-state index is 2.37. The van der Waals surface area contributed by atoms with Crippen LogP contribution in [0.15, 0.2) is 24.3 Å². The SMILES string of the molecule is CCCCCCCCc1c(-c2ccc(C)s2)sc(-c2ccc(C)s2)c1CCCCCCCC. The lowest BCUT2D eigenvalue weighted by Crippen LogP contribution is -1.95. The van der Waals surface area contributed by atoms with E-state index in [1.807, 2.05) is 22.7 Å². The molecule has 0 bridgehead atoms. The van der Waals surface area contributed by atoms with Crippen LogP contribution >= 0.6 is 34.0 Å². The van der Waals surface area contributed by atoms with Crippen molar-refractivity contribution in [2.24, 2.45) is 0 Å². The summed E-state index contributed by atoms with van der Waals surface area (Å²) in [6.45, 7) is 9.11. The van der Waals surface area contributed by atoms with Crippen molar-refractivity contribution in [2.75, 3.05) is 0 Å². The summed E-state index contributed by atoms with van der Waals surface area (Å²) in [6, 6.07) is 9.34. The minimum atomic E-state index is 1.25. The number of hydrogen-bond donors (Lipinski definition) is 0. The molecule has 0 nitrogen and oxygen atoms in total. The number of aryl methyl sites for hydroxylation is 2. The summed E-state index contributed by atoms with van der Waals surface area (Å²) >= 11 is 6.04. The summed E-state index contributed by atoms with van der Waals surface area (Å²) in [6.07, 6.45) is 19.0. The molecule has 3 aromatic rings. The second kappa shape index (κ2) is 14.5. The van der Waals surface area contributed by atoms with Gasteiger partial charge in [-0.1, -0.05) is 78.1 Å². The zero-order valence-corrected chi connectivity index (χ0v) is 23.9. The van der Waals surface area contributed by atoms with Gasteiger partial charge in [-0.3, -0.25) is 0 Å². The van der Waals surface area contributed by atoms with E-state index < -0.39 is 0 Å². The molecule has 33 heavy (non-hydrogen) atoms. The number of unbranched alkanes of at least 4 members (excludes halogenated alkanes) is 10. The van der Waals surface area contributed by atoms with E-state index in [2.05, 4.69) is 63.3 Å². The first-order valence-electron chi connectivity index (χ1n) is 13.4. The third-order valence-electron chi connectivity index (χ3n) is 6.61. The summed E-state index contributed by atoms with van der Waals surface area (Å²) in [5.74, 6) is 0. The third-order valence-corrected chi connectivity index (χ3v) is 10.2. The normalized spacial score (nSPS) is 11.5. The van der Waals surface area contributed by atoms with Crippen molar-refractivity contribution < 1.29 is 0 Å². The Hall–Kier alpha value is -0.900. The quantitative estimate of drug-likeness (QED) is 0.171. The van der Waals surface area contributed by atoms with Gasteiger partial charge in [0.1, 0.15) is 0 Å². The van der Waals surface area contributed by atoms with E-state index >= 15 is 0 Å². The third kappa shape index (κ3) is 8.08. The van der Waals surface area contributed by atoms with Crippen LogP contribution in [-0.2, 0) is 12.8 Å². The second-order valence-corrected chi connectivity index (χ2v) is 13.2. The molecule has 3 aromatic heterocycles. The van der Waals surface area contributed by atoms with Crippen molar-refractivity contribution in [2.45, 2.75) is 118 Å². The summed E-state index contributed by atoms with van der Waals surface area (Å²) in [5.41, 5.74) is 3.37. The predicted octanol–water partition coefficient (Wildman–Crippen LogP) is 11.6. The van der Waals surface area contributed by atoms with Gasteiger partial charge in [0.05, 0.1) is 0 Å². The smallest absolute Gasteiger partial charge is 0.0484 e. The van der Waals surface area contributed by atoms with Crippen LogP contribution in [0.1, 0.15) is 112 Å². The molecule has 0 atom stereocenters. The van der Waals surface area contributed by atoms with E-state index in [9.17, 15) is 0 Å². The highest BCUT2D eigenvalue weighted by atomic mass is 32.1. The number of rotatable bonds is 16. The minimum absolute atomic E-state index is 1.25. The van der Waals surface area contributed by atoms with Gasteiger partial charge in [0.2, 0.25) is 0 Å². The average molecular weight is 501 g/mol. The van der Waals surface area contributed by atoms with E-state index in [-0.39, 0.29) is 0 Å². The lowest BCUT2D eigenvalue weighted by molar-refractivity contribution is 0.600. The number of thiophene rings is 3. The fraction of sp³-hybridized carbons (Fsp3) is 0.600. The molecule has 0 N–H and O–H groups in total. The Balaban J connectivity index is 1.85. The topological polar surface area (TPSA) is 0 Å². The highest BCUT2D eigenvalue weighted by Crippen LogP contribution is 2.47. The molecule has 0 aliphatic rings. The van der Waals surface area contributed by atoms with Crippen LogP contribution in [0.3, 0.4) is 0 Å². The van der Waals surface area contributed by atoms with Crippen LogP contribution in [-0.4, -0.2) is 0 Å². The maximum Gasteiger partial charge on any atom is 0.0484 e. The number of hydrogen-bond acceptors (Lipinski definition) is 3. The molecule has 0 saturated heterocycles. The second-order valence-electron chi connectivity index (χ2n) is 9.57. The van der Waals surface area contributed by atoms with Crippen molar-refractivity contribution >= 4 is 34.0 Å². The monoisotopic (exact) mass is 500 g/mol. The van der Waals surface area contributed by atoms with E-state index in [0.29, 0.717) is 0 Å². The summed E-state index contributed by atoms with van der Waals surface area (Å²) < 4.78 is 0. The Kier molecular flexibility index (Phi) is 11.7. The molecule has 0 amide bonds. The van der Waals surface area contributed by atoms with Crippen LogP contribution < -0.4 is 0 Å². The lowest BCUT2D eigenvalue weighted by Gasteiger charge is -2.09. The largest absolute Gasteiger partial charge is 0.140 e. The zero-order valence-electron chi connectivity index (χ0n) is 21.4. The van der Waals surface area contributed by atoms with E-state index in [1.54, 1.807) is 20.9 Å². The lowest BCUT2D eigenvalue weighted by atomic mass is 9.95. The molecule has 0 aromatic carbocycles. The molecular formula is C30H44S3. The first-order valence-corrected chi connectivity index (χ1v) is 15.9. The Labute approximate surface area is 215 Å². The van der Waals surface area contributed by atoms with Crippen molar-refractivity contribution in [3.05, 3.63) is 45.1 Å². The molecule has 0 aliphatic carbocycles. The molecule has 3 rings (SSSR count). The van der Waals surface area contributed by atoms with Crippen LogP contribution in [0.25, 0.3) is 19.5 Å². The molecule has 0 fully saturated rings. The van der Waals surface area contributed by atoms with Gasteiger partial charge in [0.25, 0.3) is 0 Å². The van der Waals surface area contributed by atoms with Crippen LogP contribution in [0.5, 0.6) is 0 Å². The van der Waals surface area contributed by atoms with E-state index in [4.69, 9.17) is 0 Å². The van der Waals surface area contributed by atoms with Crippen LogP contribution in [0.4, 0.5) is 0 Å². The first-order chi connectivity index (χ1) is 16.1. The molecule has 3 heterocycles. The van der Waals surface area contributed by atoms with E-state index in [1.165, 1.54) is 109 Å². The zero-order chi connectivity index (χ0) is 23.5. The Morgan fingerprint density at radius 3 is 1.24 bits per heavy atom. The molecule has 0 spiro atoms. The highest BCUT2D eigenvalue weighted by molar-refractivity contribution is 7.26. The summed E-state index contributed by atoms with van der Waals surface area (Å²) in [5, 5.41) is 0. The molecule has 0 saturated carbocycles. The van der Waals surface area contributed by atoms with Gasteiger partial charge in [-0.15, -0.1) is 34.0 Å². The summed E-state index contributed by atoms with van der Waals surface area (Å²) in [4.78, 5) is 8.97. The van der Waals surface area contributed by atoms with Gasteiger partial charge in [0.15, 0.2) is 0 Å².